The Balaban J connectivity index is 1.54. The third-order valence-electron chi connectivity index (χ3n) is 5.37. The van der Waals surface area contributed by atoms with Crippen LogP contribution < -0.4 is 0 Å². The summed E-state index contributed by atoms with van der Waals surface area (Å²) < 4.78 is 51.3. The smallest absolute Gasteiger partial charge is 0.339 e. The fourth-order valence-corrected chi connectivity index (χ4v) is 3.75. The summed E-state index contributed by atoms with van der Waals surface area (Å²) in [6, 6.07) is 8.40. The van der Waals surface area contributed by atoms with Gasteiger partial charge in [-0.05, 0) is 41.8 Å². The third-order valence-corrected chi connectivity index (χ3v) is 5.68. The van der Waals surface area contributed by atoms with Crippen molar-refractivity contribution in [2.24, 2.45) is 0 Å². The van der Waals surface area contributed by atoms with Gasteiger partial charge in [0.25, 0.3) is 5.91 Å². The van der Waals surface area contributed by atoms with Crippen molar-refractivity contribution in [1.82, 2.24) is 9.80 Å². The zero-order valence-electron chi connectivity index (χ0n) is 16.8. The van der Waals surface area contributed by atoms with E-state index in [1.807, 2.05) is 0 Å². The highest BCUT2D eigenvalue weighted by atomic mass is 35.5. The largest absolute Gasteiger partial charge is 0.416 e. The summed E-state index contributed by atoms with van der Waals surface area (Å²) in [6.07, 6.45) is -4.24. The average Bonchev–Trinajstić information content (AvgIpc) is 2.73. The lowest BCUT2D eigenvalue weighted by Crippen LogP contribution is -2.50. The van der Waals surface area contributed by atoms with Crippen LogP contribution in [0.1, 0.15) is 40.7 Å². The molecule has 0 saturated carbocycles. The number of halogens is 5. The van der Waals surface area contributed by atoms with Crippen LogP contribution in [0.5, 0.6) is 0 Å². The summed E-state index contributed by atoms with van der Waals surface area (Å²) >= 11 is 5.96. The number of rotatable bonds is 4. The van der Waals surface area contributed by atoms with Crippen LogP contribution in [0, 0.1) is 5.82 Å². The predicted octanol–water partition coefficient (Wildman–Crippen LogP) is 4.98. The number of alkyl halides is 3. The molecule has 0 aromatic heterocycles. The van der Waals surface area contributed by atoms with Crippen LogP contribution in [0.25, 0.3) is 0 Å². The van der Waals surface area contributed by atoms with Crippen molar-refractivity contribution >= 4 is 23.4 Å². The molecule has 1 fully saturated rings. The van der Waals surface area contributed by atoms with Crippen LogP contribution in [0.4, 0.5) is 17.6 Å². The summed E-state index contributed by atoms with van der Waals surface area (Å²) in [4.78, 5) is 28.4. The first-order chi connectivity index (χ1) is 14.6. The van der Waals surface area contributed by atoms with Crippen LogP contribution in [0.3, 0.4) is 0 Å². The van der Waals surface area contributed by atoms with E-state index in [4.69, 9.17) is 11.6 Å². The molecule has 4 nitrogen and oxygen atoms in total. The molecule has 1 saturated heterocycles. The van der Waals surface area contributed by atoms with E-state index in [0.29, 0.717) is 31.7 Å². The average molecular weight is 457 g/mol. The highest BCUT2D eigenvalue weighted by Crippen LogP contribution is 2.31. The van der Waals surface area contributed by atoms with Gasteiger partial charge in [0.2, 0.25) is 5.91 Å². The molecule has 166 valence electrons. The van der Waals surface area contributed by atoms with Gasteiger partial charge in [-0.3, -0.25) is 9.59 Å². The van der Waals surface area contributed by atoms with Crippen molar-refractivity contribution in [1.29, 1.82) is 0 Å². The first-order valence-electron chi connectivity index (χ1n) is 9.75. The lowest BCUT2D eigenvalue weighted by molar-refractivity contribution is -0.137. The Kier molecular flexibility index (Phi) is 6.89. The molecule has 31 heavy (non-hydrogen) atoms. The molecule has 0 aliphatic carbocycles. The highest BCUT2D eigenvalue weighted by molar-refractivity contribution is 6.33. The molecule has 9 heteroatoms. The molecule has 2 amide bonds. The van der Waals surface area contributed by atoms with Gasteiger partial charge >= 0.3 is 6.18 Å². The molecule has 2 aromatic carbocycles. The Morgan fingerprint density at radius 1 is 1.00 bits per heavy atom. The van der Waals surface area contributed by atoms with Crippen LogP contribution in [0.15, 0.2) is 42.5 Å². The molecule has 1 unspecified atom stereocenters. The Hall–Kier alpha value is -2.61. The molecule has 1 heterocycles. The van der Waals surface area contributed by atoms with Crippen molar-refractivity contribution in [3.8, 4) is 0 Å². The van der Waals surface area contributed by atoms with Crippen molar-refractivity contribution in [2.75, 3.05) is 26.2 Å². The van der Waals surface area contributed by atoms with E-state index in [1.165, 1.54) is 24.3 Å². The van der Waals surface area contributed by atoms with Crippen LogP contribution in [-0.2, 0) is 11.0 Å². The Labute approximate surface area is 182 Å². The number of benzene rings is 2. The second-order valence-electron chi connectivity index (χ2n) is 7.52. The fourth-order valence-electron chi connectivity index (χ4n) is 3.50. The third kappa shape index (κ3) is 5.55. The highest BCUT2D eigenvalue weighted by Gasteiger charge is 2.30. The van der Waals surface area contributed by atoms with E-state index in [-0.39, 0.29) is 34.7 Å². The minimum atomic E-state index is -4.40. The monoisotopic (exact) mass is 456 g/mol. The molecule has 2 aromatic rings. The molecule has 3 rings (SSSR count). The van der Waals surface area contributed by atoms with Gasteiger partial charge in [-0.2, -0.15) is 13.2 Å². The maximum absolute atomic E-state index is 13.2. The van der Waals surface area contributed by atoms with E-state index >= 15 is 0 Å². The lowest BCUT2D eigenvalue weighted by Gasteiger charge is -2.35. The number of hydrogen-bond donors (Lipinski definition) is 0. The van der Waals surface area contributed by atoms with E-state index in [1.54, 1.807) is 16.7 Å². The van der Waals surface area contributed by atoms with Gasteiger partial charge in [0.1, 0.15) is 5.82 Å². The molecular weight excluding hydrogens is 436 g/mol. The number of nitrogens with zero attached hydrogens (tertiary/aromatic N) is 2. The lowest BCUT2D eigenvalue weighted by atomic mass is 9.96. The molecule has 0 radical (unpaired) electrons. The quantitative estimate of drug-likeness (QED) is 0.609. The van der Waals surface area contributed by atoms with E-state index in [0.717, 1.165) is 18.2 Å². The first kappa shape index (κ1) is 23.1. The van der Waals surface area contributed by atoms with Gasteiger partial charge in [-0.15, -0.1) is 0 Å². The van der Waals surface area contributed by atoms with Gasteiger partial charge < -0.3 is 9.80 Å². The maximum atomic E-state index is 13.2. The van der Waals surface area contributed by atoms with E-state index in [2.05, 4.69) is 0 Å². The minimum absolute atomic E-state index is 0.0360. The summed E-state index contributed by atoms with van der Waals surface area (Å²) in [7, 11) is 0. The van der Waals surface area contributed by atoms with Gasteiger partial charge in [0, 0.05) is 32.6 Å². The van der Waals surface area contributed by atoms with Crippen molar-refractivity contribution in [3.63, 3.8) is 0 Å². The van der Waals surface area contributed by atoms with Crippen LogP contribution >= 0.6 is 11.6 Å². The normalized spacial score (nSPS) is 15.7. The van der Waals surface area contributed by atoms with Gasteiger partial charge in [0.15, 0.2) is 0 Å². The summed E-state index contributed by atoms with van der Waals surface area (Å²) in [5.41, 5.74) is 0.136. The summed E-state index contributed by atoms with van der Waals surface area (Å²) in [5.74, 6) is -1.22. The van der Waals surface area contributed by atoms with Crippen molar-refractivity contribution < 1.29 is 27.2 Å². The Morgan fingerprint density at radius 3 is 2.13 bits per heavy atom. The number of amides is 2. The topological polar surface area (TPSA) is 40.6 Å². The Bertz CT molecular complexity index is 955. The summed E-state index contributed by atoms with van der Waals surface area (Å²) in [5, 5.41) is 0.0360. The molecule has 0 spiro atoms. The number of carbonyl (C=O) groups excluding carboxylic acids is 2. The second kappa shape index (κ2) is 9.26. The van der Waals surface area contributed by atoms with Crippen LogP contribution in [0.2, 0.25) is 5.02 Å². The maximum Gasteiger partial charge on any atom is 0.416 e. The van der Waals surface area contributed by atoms with Gasteiger partial charge in [0.05, 0.1) is 16.1 Å². The standard InChI is InChI=1S/C22H21ClF4N2O2/c1-14(15-2-4-16(5-3-15)22(25,26)27)12-20(30)28-8-10-29(11-9-28)21(31)18-7-6-17(24)13-19(18)23/h2-7,13-14H,8-12H2,1H3. The molecule has 0 bridgehead atoms. The number of hydrogen-bond acceptors (Lipinski definition) is 2. The number of piperazine rings is 1. The summed E-state index contributed by atoms with van der Waals surface area (Å²) in [6.45, 7) is 3.09. The SMILES string of the molecule is CC(CC(=O)N1CCN(C(=O)c2ccc(F)cc2Cl)CC1)c1ccc(C(F)(F)F)cc1. The second-order valence-corrected chi connectivity index (χ2v) is 7.93. The zero-order chi connectivity index (χ0) is 22.8. The van der Waals surface area contributed by atoms with E-state index < -0.39 is 17.6 Å². The van der Waals surface area contributed by atoms with Gasteiger partial charge in [-0.1, -0.05) is 30.7 Å². The molecule has 0 N–H and O–H groups in total. The Morgan fingerprint density at radius 2 is 1.58 bits per heavy atom. The van der Waals surface area contributed by atoms with Crippen molar-refractivity contribution in [3.05, 3.63) is 70.0 Å². The fraction of sp³-hybridized carbons (Fsp3) is 0.364. The molecule has 1 atom stereocenters. The zero-order valence-corrected chi connectivity index (χ0v) is 17.5. The molecule has 1 aliphatic heterocycles. The minimum Gasteiger partial charge on any atom is -0.339 e. The van der Waals surface area contributed by atoms with Gasteiger partial charge in [-0.25, -0.2) is 4.39 Å². The van der Waals surface area contributed by atoms with Crippen LogP contribution in [-0.4, -0.2) is 47.8 Å². The predicted molar refractivity (Wildman–Crippen MR) is 108 cm³/mol. The first-order valence-corrected chi connectivity index (χ1v) is 10.1. The number of carbonyl (C=O) groups is 2. The molecular formula is C22H21ClF4N2O2. The van der Waals surface area contributed by atoms with Crippen molar-refractivity contribution in [2.45, 2.75) is 25.4 Å². The van der Waals surface area contributed by atoms with E-state index in [9.17, 15) is 27.2 Å². The molecule has 1 aliphatic rings.